The number of likely N-dealkylation sites (N-methyl/N-ethyl adjacent to an activating group) is 1. The van der Waals surface area contributed by atoms with Gasteiger partial charge in [-0.25, -0.2) is 13.1 Å². The van der Waals surface area contributed by atoms with Crippen molar-refractivity contribution in [2.75, 3.05) is 20.1 Å². The summed E-state index contributed by atoms with van der Waals surface area (Å²) in [6.07, 6.45) is 1.01. The van der Waals surface area contributed by atoms with Gasteiger partial charge in [-0.15, -0.1) is 0 Å². The zero-order chi connectivity index (χ0) is 15.3. The van der Waals surface area contributed by atoms with E-state index in [4.69, 9.17) is 9.52 Å². The molecule has 0 spiro atoms. The molecule has 1 atom stereocenters. The first kappa shape index (κ1) is 17.6. The molecule has 20 heavy (non-hydrogen) atoms. The van der Waals surface area contributed by atoms with Crippen LogP contribution >= 0.6 is 15.9 Å². The van der Waals surface area contributed by atoms with Crippen LogP contribution in [0.2, 0.25) is 0 Å². The summed E-state index contributed by atoms with van der Waals surface area (Å²) in [5, 5.41) is 8.94. The maximum absolute atomic E-state index is 12.1. The summed E-state index contributed by atoms with van der Waals surface area (Å²) in [7, 11) is -1.68. The van der Waals surface area contributed by atoms with Crippen molar-refractivity contribution in [2.24, 2.45) is 0 Å². The van der Waals surface area contributed by atoms with Gasteiger partial charge in [0.2, 0.25) is 10.0 Å². The van der Waals surface area contributed by atoms with Gasteiger partial charge in [0.05, 0.1) is 0 Å². The van der Waals surface area contributed by atoms with Gasteiger partial charge in [-0.2, -0.15) is 0 Å². The van der Waals surface area contributed by atoms with Crippen LogP contribution in [0, 0.1) is 0 Å². The van der Waals surface area contributed by atoms with E-state index in [1.54, 1.807) is 0 Å². The van der Waals surface area contributed by atoms with Crippen molar-refractivity contribution in [1.29, 1.82) is 0 Å². The number of hydrogen-bond donors (Lipinski definition) is 2. The van der Waals surface area contributed by atoms with Crippen molar-refractivity contribution < 1.29 is 17.9 Å². The Balaban J connectivity index is 2.64. The van der Waals surface area contributed by atoms with E-state index in [9.17, 15) is 8.42 Å². The zero-order valence-electron chi connectivity index (χ0n) is 11.9. The lowest BCUT2D eigenvalue weighted by molar-refractivity contribution is 0.245. The Morgan fingerprint density at radius 1 is 1.55 bits per heavy atom. The topological polar surface area (TPSA) is 82.8 Å². The molecule has 0 saturated carbocycles. The lowest BCUT2D eigenvalue weighted by atomic mass is 10.2. The molecule has 0 aliphatic carbocycles. The van der Waals surface area contributed by atoms with Gasteiger partial charge in [-0.3, -0.25) is 0 Å². The fraction of sp³-hybridized carbons (Fsp3) is 0.667. The van der Waals surface area contributed by atoms with E-state index in [-0.39, 0.29) is 21.9 Å². The second-order valence-corrected chi connectivity index (χ2v) is 7.10. The highest BCUT2D eigenvalue weighted by Gasteiger charge is 2.22. The van der Waals surface area contributed by atoms with E-state index >= 15 is 0 Å². The maximum atomic E-state index is 12.1. The summed E-state index contributed by atoms with van der Waals surface area (Å²) in [5.74, 6) is 0.203. The molecule has 1 rings (SSSR count). The van der Waals surface area contributed by atoms with Crippen LogP contribution in [0.4, 0.5) is 0 Å². The third kappa shape index (κ3) is 4.56. The lowest BCUT2D eigenvalue weighted by Gasteiger charge is -2.23. The number of aliphatic hydroxyl groups is 1. The Bertz CT molecular complexity index is 530. The predicted molar refractivity (Wildman–Crippen MR) is 79.9 cm³/mol. The number of hydrogen-bond acceptors (Lipinski definition) is 5. The van der Waals surface area contributed by atoms with E-state index in [1.165, 1.54) is 6.07 Å². The molecule has 0 radical (unpaired) electrons. The van der Waals surface area contributed by atoms with Crippen molar-refractivity contribution >= 4 is 26.0 Å². The fourth-order valence-corrected chi connectivity index (χ4v) is 3.64. The van der Waals surface area contributed by atoms with Crippen LogP contribution in [0.15, 0.2) is 20.0 Å². The van der Waals surface area contributed by atoms with Crippen LogP contribution in [-0.2, 0) is 16.6 Å². The van der Waals surface area contributed by atoms with E-state index < -0.39 is 10.0 Å². The molecule has 116 valence electrons. The van der Waals surface area contributed by atoms with Crippen molar-refractivity contribution in [1.82, 2.24) is 9.62 Å². The molecule has 0 aromatic carbocycles. The van der Waals surface area contributed by atoms with Crippen LogP contribution in [0.3, 0.4) is 0 Å². The second-order valence-electron chi connectivity index (χ2n) is 4.64. The highest BCUT2D eigenvalue weighted by atomic mass is 79.9. The molecule has 8 heteroatoms. The van der Waals surface area contributed by atoms with Crippen LogP contribution in [0.1, 0.15) is 26.0 Å². The number of sulfonamides is 1. The summed E-state index contributed by atoms with van der Waals surface area (Å²) in [6.45, 7) is 4.77. The summed E-state index contributed by atoms with van der Waals surface area (Å²) in [4.78, 5) is 2.10. The summed E-state index contributed by atoms with van der Waals surface area (Å²) in [5.41, 5.74) is 0. The molecular weight excluding hydrogens is 348 g/mol. The Hall–Kier alpha value is -0.410. The molecule has 2 N–H and O–H groups in total. The van der Waals surface area contributed by atoms with Crippen LogP contribution in [-0.4, -0.2) is 44.6 Å². The SMILES string of the molecule is CCC(C)N(C)CCNS(=O)(=O)c1cc(CO)oc1Br. The third-order valence-corrected chi connectivity index (χ3v) is 5.57. The molecule has 0 aliphatic rings. The minimum absolute atomic E-state index is 0.00717. The number of nitrogens with one attached hydrogen (secondary N) is 1. The molecule has 0 bridgehead atoms. The van der Waals surface area contributed by atoms with Crippen LogP contribution in [0.5, 0.6) is 0 Å². The van der Waals surface area contributed by atoms with Crippen molar-refractivity contribution in [2.45, 2.75) is 37.8 Å². The quantitative estimate of drug-likeness (QED) is 0.727. The third-order valence-electron chi connectivity index (χ3n) is 3.25. The molecule has 0 saturated heterocycles. The Morgan fingerprint density at radius 2 is 2.20 bits per heavy atom. The van der Waals surface area contributed by atoms with E-state index in [0.29, 0.717) is 19.1 Å². The lowest BCUT2D eigenvalue weighted by Crippen LogP contribution is -2.37. The first-order valence-electron chi connectivity index (χ1n) is 6.40. The highest BCUT2D eigenvalue weighted by Crippen LogP contribution is 2.25. The molecule has 1 aromatic heterocycles. The fourth-order valence-electron chi connectivity index (χ4n) is 1.63. The van der Waals surface area contributed by atoms with Crippen molar-refractivity contribution in [3.63, 3.8) is 0 Å². The molecule has 0 amide bonds. The molecule has 0 fully saturated rings. The van der Waals surface area contributed by atoms with Gasteiger partial charge >= 0.3 is 0 Å². The monoisotopic (exact) mass is 368 g/mol. The Labute approximate surface area is 128 Å². The molecule has 0 aliphatic heterocycles. The summed E-state index contributed by atoms with van der Waals surface area (Å²) >= 11 is 3.04. The number of aliphatic hydroxyl groups excluding tert-OH is 1. The van der Waals surface area contributed by atoms with E-state index in [0.717, 1.165) is 6.42 Å². The number of rotatable bonds is 8. The van der Waals surface area contributed by atoms with Gasteiger partial charge in [0.1, 0.15) is 17.3 Å². The largest absolute Gasteiger partial charge is 0.450 e. The van der Waals surface area contributed by atoms with Gasteiger partial charge in [0, 0.05) is 25.2 Å². The maximum Gasteiger partial charge on any atom is 0.245 e. The van der Waals surface area contributed by atoms with Gasteiger partial charge in [-0.05, 0) is 36.3 Å². The average Bonchev–Trinajstić information content (AvgIpc) is 2.79. The summed E-state index contributed by atoms with van der Waals surface area (Å²) in [6, 6.07) is 1.71. The second kappa shape index (κ2) is 7.56. The minimum atomic E-state index is -3.64. The number of nitrogens with zero attached hydrogens (tertiary/aromatic N) is 1. The van der Waals surface area contributed by atoms with Gasteiger partial charge in [0.25, 0.3) is 0 Å². The predicted octanol–water partition coefficient (Wildman–Crippen LogP) is 1.54. The minimum Gasteiger partial charge on any atom is -0.450 e. The molecule has 1 aromatic rings. The van der Waals surface area contributed by atoms with Gasteiger partial charge in [0.15, 0.2) is 4.67 Å². The molecule has 1 heterocycles. The van der Waals surface area contributed by atoms with E-state index in [2.05, 4.69) is 39.4 Å². The number of halogens is 1. The standard InChI is InChI=1S/C12H21BrN2O4S/c1-4-9(2)15(3)6-5-14-20(17,18)11-7-10(8-16)19-12(11)13/h7,9,14,16H,4-6,8H2,1-3H3. The smallest absolute Gasteiger partial charge is 0.245 e. The summed E-state index contributed by atoms with van der Waals surface area (Å²) < 4.78 is 31.9. The molecule has 6 nitrogen and oxygen atoms in total. The van der Waals surface area contributed by atoms with Gasteiger partial charge < -0.3 is 14.4 Å². The first-order chi connectivity index (χ1) is 9.31. The van der Waals surface area contributed by atoms with Crippen LogP contribution in [0.25, 0.3) is 0 Å². The van der Waals surface area contributed by atoms with E-state index in [1.807, 2.05) is 7.05 Å². The van der Waals surface area contributed by atoms with Gasteiger partial charge in [-0.1, -0.05) is 6.92 Å². The Morgan fingerprint density at radius 3 is 2.70 bits per heavy atom. The number of furan rings is 1. The average molecular weight is 369 g/mol. The molecular formula is C12H21BrN2O4S. The highest BCUT2D eigenvalue weighted by molar-refractivity contribution is 9.10. The van der Waals surface area contributed by atoms with Crippen molar-refractivity contribution in [3.8, 4) is 0 Å². The van der Waals surface area contributed by atoms with Crippen LogP contribution < -0.4 is 4.72 Å². The zero-order valence-corrected chi connectivity index (χ0v) is 14.3. The first-order valence-corrected chi connectivity index (χ1v) is 8.68. The van der Waals surface area contributed by atoms with Crippen molar-refractivity contribution in [3.05, 3.63) is 16.5 Å². The molecule has 1 unspecified atom stereocenters. The normalized spacial score (nSPS) is 13.9. The Kier molecular flexibility index (Phi) is 6.67.